The van der Waals surface area contributed by atoms with Gasteiger partial charge in [0, 0.05) is 26.6 Å². The second-order valence-corrected chi connectivity index (χ2v) is 3.13. The molecule has 0 radical (unpaired) electrons. The standard InChI is InChI=1S/C10H19N3O2/c1-4-6-13-10(15)8(2)12-7-5-9(14)11-3/h4,8,12H,1,5-7H2,2-3H3,(H,11,14)(H,13,15). The van der Waals surface area contributed by atoms with Crippen molar-refractivity contribution in [1.82, 2.24) is 16.0 Å². The van der Waals surface area contributed by atoms with E-state index in [2.05, 4.69) is 22.5 Å². The number of hydrogen-bond donors (Lipinski definition) is 3. The Bertz CT molecular complexity index is 229. The molecule has 0 saturated heterocycles. The predicted octanol–water partition coefficient (Wildman–Crippen LogP) is -0.597. The van der Waals surface area contributed by atoms with Gasteiger partial charge < -0.3 is 16.0 Å². The fourth-order valence-corrected chi connectivity index (χ4v) is 0.946. The molecule has 0 bridgehead atoms. The normalized spacial score (nSPS) is 11.6. The lowest BCUT2D eigenvalue weighted by Gasteiger charge is -2.12. The zero-order valence-corrected chi connectivity index (χ0v) is 9.30. The van der Waals surface area contributed by atoms with Crippen molar-refractivity contribution in [3.63, 3.8) is 0 Å². The Morgan fingerprint density at radius 3 is 2.67 bits per heavy atom. The smallest absolute Gasteiger partial charge is 0.237 e. The lowest BCUT2D eigenvalue weighted by Crippen LogP contribution is -2.43. The monoisotopic (exact) mass is 213 g/mol. The predicted molar refractivity (Wildman–Crippen MR) is 59.4 cm³/mol. The zero-order valence-electron chi connectivity index (χ0n) is 9.30. The van der Waals surface area contributed by atoms with E-state index in [0.717, 1.165) is 0 Å². The molecule has 1 unspecified atom stereocenters. The zero-order chi connectivity index (χ0) is 11.7. The van der Waals surface area contributed by atoms with Gasteiger partial charge in [-0.05, 0) is 6.92 Å². The van der Waals surface area contributed by atoms with Gasteiger partial charge in [0.2, 0.25) is 11.8 Å². The Labute approximate surface area is 90.3 Å². The van der Waals surface area contributed by atoms with Crippen LogP contribution in [0.1, 0.15) is 13.3 Å². The highest BCUT2D eigenvalue weighted by molar-refractivity contribution is 5.81. The summed E-state index contributed by atoms with van der Waals surface area (Å²) < 4.78 is 0. The minimum Gasteiger partial charge on any atom is -0.359 e. The second-order valence-electron chi connectivity index (χ2n) is 3.13. The van der Waals surface area contributed by atoms with E-state index in [1.165, 1.54) is 0 Å². The number of carbonyl (C=O) groups excluding carboxylic acids is 2. The maximum atomic E-state index is 11.3. The van der Waals surface area contributed by atoms with Gasteiger partial charge in [-0.2, -0.15) is 0 Å². The first kappa shape index (κ1) is 13.6. The summed E-state index contributed by atoms with van der Waals surface area (Å²) in [6, 6.07) is -0.297. The van der Waals surface area contributed by atoms with Crippen LogP contribution in [0.15, 0.2) is 12.7 Å². The average Bonchev–Trinajstić information content (AvgIpc) is 2.25. The maximum Gasteiger partial charge on any atom is 0.237 e. The molecule has 0 spiro atoms. The molecule has 0 aromatic carbocycles. The van der Waals surface area contributed by atoms with Crippen molar-refractivity contribution in [3.05, 3.63) is 12.7 Å². The SMILES string of the molecule is C=CCNC(=O)C(C)NCCC(=O)NC. The number of hydrogen-bond acceptors (Lipinski definition) is 3. The third-order valence-electron chi connectivity index (χ3n) is 1.90. The van der Waals surface area contributed by atoms with Crippen LogP contribution in [-0.4, -0.2) is 38.0 Å². The lowest BCUT2D eigenvalue weighted by molar-refractivity contribution is -0.123. The van der Waals surface area contributed by atoms with E-state index in [-0.39, 0.29) is 17.9 Å². The summed E-state index contributed by atoms with van der Waals surface area (Å²) in [7, 11) is 1.59. The van der Waals surface area contributed by atoms with Crippen molar-refractivity contribution < 1.29 is 9.59 Å². The van der Waals surface area contributed by atoms with Crippen LogP contribution < -0.4 is 16.0 Å². The van der Waals surface area contributed by atoms with Crippen LogP contribution >= 0.6 is 0 Å². The molecule has 86 valence electrons. The van der Waals surface area contributed by atoms with Crippen LogP contribution in [0.5, 0.6) is 0 Å². The lowest BCUT2D eigenvalue weighted by atomic mass is 10.3. The molecule has 0 aromatic heterocycles. The summed E-state index contributed by atoms with van der Waals surface area (Å²) in [6.45, 7) is 6.20. The minimum absolute atomic E-state index is 0.0406. The van der Waals surface area contributed by atoms with Gasteiger partial charge in [-0.1, -0.05) is 6.08 Å². The molecular formula is C10H19N3O2. The number of carbonyl (C=O) groups is 2. The van der Waals surface area contributed by atoms with Gasteiger partial charge in [-0.3, -0.25) is 9.59 Å². The summed E-state index contributed by atoms with van der Waals surface area (Å²) in [5.41, 5.74) is 0. The van der Waals surface area contributed by atoms with Crippen molar-refractivity contribution >= 4 is 11.8 Å². The van der Waals surface area contributed by atoms with Crippen LogP contribution in [-0.2, 0) is 9.59 Å². The van der Waals surface area contributed by atoms with E-state index in [1.807, 2.05) is 0 Å². The molecule has 0 aliphatic heterocycles. The van der Waals surface area contributed by atoms with Gasteiger partial charge >= 0.3 is 0 Å². The average molecular weight is 213 g/mol. The molecule has 2 amide bonds. The van der Waals surface area contributed by atoms with Crippen LogP contribution in [0.2, 0.25) is 0 Å². The fourth-order valence-electron chi connectivity index (χ4n) is 0.946. The first-order chi connectivity index (χ1) is 7.11. The minimum atomic E-state index is -0.297. The fraction of sp³-hybridized carbons (Fsp3) is 0.600. The van der Waals surface area contributed by atoms with Gasteiger partial charge in [-0.15, -0.1) is 6.58 Å². The third-order valence-corrected chi connectivity index (χ3v) is 1.90. The summed E-state index contributed by atoms with van der Waals surface area (Å²) in [4.78, 5) is 22.2. The Kier molecular flexibility index (Phi) is 7.27. The van der Waals surface area contributed by atoms with Crippen molar-refractivity contribution in [2.45, 2.75) is 19.4 Å². The second kappa shape index (κ2) is 7.99. The van der Waals surface area contributed by atoms with Gasteiger partial charge in [0.1, 0.15) is 0 Å². The van der Waals surface area contributed by atoms with Crippen LogP contribution in [0, 0.1) is 0 Å². The summed E-state index contributed by atoms with van der Waals surface area (Å²) in [5.74, 6) is -0.131. The highest BCUT2D eigenvalue weighted by atomic mass is 16.2. The Hall–Kier alpha value is -1.36. The van der Waals surface area contributed by atoms with E-state index in [9.17, 15) is 9.59 Å². The first-order valence-electron chi connectivity index (χ1n) is 4.94. The molecule has 1 atom stereocenters. The van der Waals surface area contributed by atoms with Crippen LogP contribution in [0.4, 0.5) is 0 Å². The molecule has 0 saturated carbocycles. The largest absolute Gasteiger partial charge is 0.359 e. The van der Waals surface area contributed by atoms with Gasteiger partial charge in [0.05, 0.1) is 6.04 Å². The molecule has 0 aromatic rings. The highest BCUT2D eigenvalue weighted by Gasteiger charge is 2.10. The van der Waals surface area contributed by atoms with E-state index < -0.39 is 0 Å². The molecule has 15 heavy (non-hydrogen) atoms. The Morgan fingerprint density at radius 1 is 1.47 bits per heavy atom. The number of rotatable bonds is 7. The summed E-state index contributed by atoms with van der Waals surface area (Å²) in [6.07, 6.45) is 1.99. The van der Waals surface area contributed by atoms with Crippen molar-refractivity contribution in [3.8, 4) is 0 Å². The van der Waals surface area contributed by atoms with Gasteiger partial charge in [0.15, 0.2) is 0 Å². The van der Waals surface area contributed by atoms with Crippen molar-refractivity contribution in [2.75, 3.05) is 20.1 Å². The topological polar surface area (TPSA) is 70.2 Å². The van der Waals surface area contributed by atoms with Crippen LogP contribution in [0.25, 0.3) is 0 Å². The van der Waals surface area contributed by atoms with Gasteiger partial charge in [-0.25, -0.2) is 0 Å². The van der Waals surface area contributed by atoms with E-state index in [0.29, 0.717) is 19.5 Å². The molecule has 0 rings (SSSR count). The number of amides is 2. The Balaban J connectivity index is 3.63. The number of nitrogens with one attached hydrogen (secondary N) is 3. The summed E-state index contributed by atoms with van der Waals surface area (Å²) >= 11 is 0. The first-order valence-corrected chi connectivity index (χ1v) is 4.94. The van der Waals surface area contributed by atoms with Crippen LogP contribution in [0.3, 0.4) is 0 Å². The quantitative estimate of drug-likeness (QED) is 0.495. The molecule has 0 aliphatic carbocycles. The third kappa shape index (κ3) is 6.68. The molecule has 3 N–H and O–H groups in total. The van der Waals surface area contributed by atoms with Crippen molar-refractivity contribution in [1.29, 1.82) is 0 Å². The maximum absolute atomic E-state index is 11.3. The molecule has 0 heterocycles. The van der Waals surface area contributed by atoms with E-state index in [4.69, 9.17) is 0 Å². The molecule has 5 nitrogen and oxygen atoms in total. The van der Waals surface area contributed by atoms with Crippen molar-refractivity contribution in [2.24, 2.45) is 0 Å². The van der Waals surface area contributed by atoms with Gasteiger partial charge in [0.25, 0.3) is 0 Å². The Morgan fingerprint density at radius 2 is 2.13 bits per heavy atom. The molecule has 0 aliphatic rings. The molecule has 5 heteroatoms. The molecular weight excluding hydrogens is 194 g/mol. The summed E-state index contributed by atoms with van der Waals surface area (Å²) in [5, 5.41) is 8.12. The highest BCUT2D eigenvalue weighted by Crippen LogP contribution is 1.84. The van der Waals surface area contributed by atoms with E-state index >= 15 is 0 Å². The van der Waals surface area contributed by atoms with E-state index in [1.54, 1.807) is 20.0 Å². The molecule has 0 fully saturated rings.